The van der Waals surface area contributed by atoms with E-state index in [0.717, 1.165) is 43.8 Å². The predicted octanol–water partition coefficient (Wildman–Crippen LogP) is 3.47. The largest absolute Gasteiger partial charge is 0.491 e. The third-order valence-electron chi connectivity index (χ3n) is 6.70. The molecule has 0 unspecified atom stereocenters. The molecule has 0 amide bonds. The van der Waals surface area contributed by atoms with Crippen LogP contribution in [0.3, 0.4) is 0 Å². The lowest BCUT2D eigenvalue weighted by Gasteiger charge is -2.32. The van der Waals surface area contributed by atoms with Crippen molar-refractivity contribution in [3.8, 4) is 5.75 Å². The van der Waals surface area contributed by atoms with E-state index in [4.69, 9.17) is 9.47 Å². The number of ether oxygens (including phenoxy) is 2. The molecular formula is C25H40N2O4. The monoisotopic (exact) mass is 432 g/mol. The molecule has 1 saturated carbocycles. The molecule has 0 radical (unpaired) electrons. The van der Waals surface area contributed by atoms with Crippen LogP contribution in [0, 0.1) is 5.92 Å². The molecule has 1 N–H and O–H groups in total. The Balaban J connectivity index is 1.45. The standard InChI is InChI=1S/C25H40N2O4/c1-3-30-25(29)20-13-15-27(16-14-20)17-21-9-7-8-12-24(21)31-19-23(28)18-26(2)22-10-5-4-6-11-22/h7-9,12,20,22-23,28H,3-6,10-11,13-19H2,1-2H3/t23-/m0/s1. The Kier molecular flexibility index (Phi) is 9.62. The van der Waals surface area contributed by atoms with Crippen LogP contribution >= 0.6 is 0 Å². The molecule has 174 valence electrons. The van der Waals surface area contributed by atoms with Gasteiger partial charge in [0.1, 0.15) is 18.5 Å². The topological polar surface area (TPSA) is 62.2 Å². The summed E-state index contributed by atoms with van der Waals surface area (Å²) in [5.41, 5.74) is 1.13. The number of likely N-dealkylation sites (N-methyl/N-ethyl adjacent to an activating group) is 1. The summed E-state index contributed by atoms with van der Waals surface area (Å²) in [4.78, 5) is 16.6. The number of piperidine rings is 1. The van der Waals surface area contributed by atoms with Crippen molar-refractivity contribution in [2.75, 3.05) is 39.9 Å². The number of likely N-dealkylation sites (tertiary alicyclic amines) is 1. The minimum Gasteiger partial charge on any atom is -0.491 e. The van der Waals surface area contributed by atoms with E-state index in [2.05, 4.69) is 22.9 Å². The number of hydrogen-bond acceptors (Lipinski definition) is 6. The first kappa shape index (κ1) is 24.0. The number of nitrogens with zero attached hydrogens (tertiary/aromatic N) is 2. The Labute approximate surface area is 187 Å². The third kappa shape index (κ3) is 7.48. The van der Waals surface area contributed by atoms with Crippen molar-refractivity contribution in [1.82, 2.24) is 9.80 Å². The Hall–Kier alpha value is -1.63. The second kappa shape index (κ2) is 12.4. The average Bonchev–Trinajstić information content (AvgIpc) is 2.79. The van der Waals surface area contributed by atoms with Crippen LogP contribution in [0.1, 0.15) is 57.4 Å². The zero-order valence-electron chi connectivity index (χ0n) is 19.3. The van der Waals surface area contributed by atoms with Gasteiger partial charge >= 0.3 is 5.97 Å². The molecule has 1 aromatic rings. The quantitative estimate of drug-likeness (QED) is 0.571. The highest BCUT2D eigenvalue weighted by atomic mass is 16.5. The SMILES string of the molecule is CCOC(=O)C1CCN(Cc2ccccc2OC[C@@H](O)CN(C)C2CCCCC2)CC1. The second-order valence-electron chi connectivity index (χ2n) is 9.11. The summed E-state index contributed by atoms with van der Waals surface area (Å²) in [6, 6.07) is 8.67. The van der Waals surface area contributed by atoms with Gasteiger partial charge in [-0.3, -0.25) is 9.69 Å². The number of carbonyl (C=O) groups is 1. The number of aliphatic hydroxyl groups is 1. The van der Waals surface area contributed by atoms with Crippen molar-refractivity contribution in [2.45, 2.75) is 70.6 Å². The number of aliphatic hydroxyl groups excluding tert-OH is 1. The van der Waals surface area contributed by atoms with Crippen LogP contribution in [-0.2, 0) is 16.1 Å². The van der Waals surface area contributed by atoms with E-state index in [0.29, 0.717) is 25.8 Å². The van der Waals surface area contributed by atoms with Gasteiger partial charge in [0.25, 0.3) is 0 Å². The summed E-state index contributed by atoms with van der Waals surface area (Å²) >= 11 is 0. The lowest BCUT2D eigenvalue weighted by atomic mass is 9.94. The van der Waals surface area contributed by atoms with E-state index in [1.165, 1.54) is 32.1 Å². The number of para-hydroxylation sites is 1. The van der Waals surface area contributed by atoms with Crippen LogP contribution in [0.15, 0.2) is 24.3 Å². The van der Waals surface area contributed by atoms with Crippen LogP contribution in [0.25, 0.3) is 0 Å². The first-order valence-corrected chi connectivity index (χ1v) is 12.0. The Bertz CT molecular complexity index is 669. The molecule has 0 spiro atoms. The van der Waals surface area contributed by atoms with Crippen molar-refractivity contribution in [3.63, 3.8) is 0 Å². The Morgan fingerprint density at radius 2 is 1.87 bits per heavy atom. The van der Waals surface area contributed by atoms with Gasteiger partial charge in [-0.15, -0.1) is 0 Å². The second-order valence-corrected chi connectivity index (χ2v) is 9.11. The van der Waals surface area contributed by atoms with Gasteiger partial charge in [0.2, 0.25) is 0 Å². The van der Waals surface area contributed by atoms with Gasteiger partial charge < -0.3 is 19.5 Å². The number of esters is 1. The first-order valence-electron chi connectivity index (χ1n) is 12.0. The van der Waals surface area contributed by atoms with E-state index in [1.54, 1.807) is 0 Å². The Morgan fingerprint density at radius 3 is 2.58 bits per heavy atom. The molecule has 1 saturated heterocycles. The fourth-order valence-corrected chi connectivity index (χ4v) is 4.85. The van der Waals surface area contributed by atoms with Gasteiger partial charge in [-0.1, -0.05) is 37.5 Å². The highest BCUT2D eigenvalue weighted by Crippen LogP contribution is 2.25. The lowest BCUT2D eigenvalue weighted by molar-refractivity contribution is -0.149. The molecule has 1 aliphatic heterocycles. The van der Waals surface area contributed by atoms with Crippen LogP contribution in [0.5, 0.6) is 5.75 Å². The van der Waals surface area contributed by atoms with Crippen molar-refractivity contribution in [1.29, 1.82) is 0 Å². The summed E-state index contributed by atoms with van der Waals surface area (Å²) in [7, 11) is 2.12. The molecule has 1 heterocycles. The molecule has 1 aliphatic carbocycles. The smallest absolute Gasteiger partial charge is 0.309 e. The third-order valence-corrected chi connectivity index (χ3v) is 6.70. The summed E-state index contributed by atoms with van der Waals surface area (Å²) in [5, 5.41) is 10.5. The minimum absolute atomic E-state index is 0.0268. The molecule has 0 bridgehead atoms. The molecule has 0 aromatic heterocycles. The zero-order valence-corrected chi connectivity index (χ0v) is 19.3. The number of carbonyl (C=O) groups excluding carboxylic acids is 1. The normalized spacial score (nSPS) is 20.0. The molecule has 2 aliphatic rings. The maximum atomic E-state index is 12.0. The van der Waals surface area contributed by atoms with Gasteiger partial charge in [-0.05, 0) is 58.8 Å². The molecule has 3 rings (SSSR count). The predicted molar refractivity (Wildman–Crippen MR) is 122 cm³/mol. The Morgan fingerprint density at radius 1 is 1.16 bits per heavy atom. The summed E-state index contributed by atoms with van der Waals surface area (Å²) < 4.78 is 11.2. The molecule has 6 nitrogen and oxygen atoms in total. The highest BCUT2D eigenvalue weighted by molar-refractivity contribution is 5.72. The van der Waals surface area contributed by atoms with E-state index >= 15 is 0 Å². The van der Waals surface area contributed by atoms with Gasteiger partial charge in [0, 0.05) is 24.7 Å². The van der Waals surface area contributed by atoms with Gasteiger partial charge in [-0.25, -0.2) is 0 Å². The summed E-state index contributed by atoms with van der Waals surface area (Å²) in [6.45, 7) is 5.82. The molecule has 1 atom stereocenters. The molecular weight excluding hydrogens is 392 g/mol. The highest BCUT2D eigenvalue weighted by Gasteiger charge is 2.26. The fraction of sp³-hybridized carbons (Fsp3) is 0.720. The first-order chi connectivity index (χ1) is 15.1. The van der Waals surface area contributed by atoms with Crippen LogP contribution < -0.4 is 4.74 Å². The fourth-order valence-electron chi connectivity index (χ4n) is 4.85. The average molecular weight is 433 g/mol. The lowest BCUT2D eigenvalue weighted by Crippen LogP contribution is -2.40. The summed E-state index contributed by atoms with van der Waals surface area (Å²) in [6.07, 6.45) is 7.59. The van der Waals surface area contributed by atoms with E-state index in [1.807, 2.05) is 25.1 Å². The number of hydrogen-bond donors (Lipinski definition) is 1. The van der Waals surface area contributed by atoms with Crippen LogP contribution in [0.4, 0.5) is 0 Å². The van der Waals surface area contributed by atoms with E-state index in [9.17, 15) is 9.90 Å². The van der Waals surface area contributed by atoms with Crippen molar-refractivity contribution >= 4 is 5.97 Å². The van der Waals surface area contributed by atoms with E-state index in [-0.39, 0.29) is 11.9 Å². The van der Waals surface area contributed by atoms with Crippen molar-refractivity contribution < 1.29 is 19.4 Å². The summed E-state index contributed by atoms with van der Waals surface area (Å²) in [5.74, 6) is 0.812. The van der Waals surface area contributed by atoms with Crippen LogP contribution in [0.2, 0.25) is 0 Å². The van der Waals surface area contributed by atoms with Gasteiger partial charge in [0.05, 0.1) is 12.5 Å². The number of rotatable bonds is 10. The van der Waals surface area contributed by atoms with Crippen molar-refractivity contribution in [2.24, 2.45) is 5.92 Å². The van der Waals surface area contributed by atoms with E-state index < -0.39 is 6.10 Å². The van der Waals surface area contributed by atoms with Crippen molar-refractivity contribution in [3.05, 3.63) is 29.8 Å². The zero-order chi connectivity index (χ0) is 22.1. The molecule has 6 heteroatoms. The van der Waals surface area contributed by atoms with Crippen LogP contribution in [-0.4, -0.2) is 72.9 Å². The number of benzene rings is 1. The molecule has 31 heavy (non-hydrogen) atoms. The van der Waals surface area contributed by atoms with Gasteiger partial charge in [-0.2, -0.15) is 0 Å². The maximum Gasteiger partial charge on any atom is 0.309 e. The minimum atomic E-state index is -0.500. The molecule has 1 aromatic carbocycles. The molecule has 2 fully saturated rings. The van der Waals surface area contributed by atoms with Gasteiger partial charge in [0.15, 0.2) is 0 Å². The maximum absolute atomic E-state index is 12.0.